The fraction of sp³-hybridized carbons (Fsp3) is 0.429. The number of likely N-dealkylation sites (tertiary alicyclic amines) is 1. The van der Waals surface area contributed by atoms with Crippen molar-refractivity contribution in [3.63, 3.8) is 0 Å². The van der Waals surface area contributed by atoms with E-state index < -0.39 is 16.0 Å². The Hall–Kier alpha value is -2.09. The fourth-order valence-electron chi connectivity index (χ4n) is 2.21. The van der Waals surface area contributed by atoms with Crippen LogP contribution in [0.5, 0.6) is 0 Å². The zero-order chi connectivity index (χ0) is 16.2. The molecule has 7 nitrogen and oxygen atoms in total. The molecule has 0 aromatic heterocycles. The predicted octanol–water partition coefficient (Wildman–Crippen LogP) is 0.837. The number of carbonyl (C=O) groups excluding carboxylic acids is 2. The lowest BCUT2D eigenvalue weighted by Crippen LogP contribution is -2.32. The predicted molar refractivity (Wildman–Crippen MR) is 81.0 cm³/mol. The zero-order valence-corrected chi connectivity index (χ0v) is 13.1. The molecule has 1 aromatic carbocycles. The highest BCUT2D eigenvalue weighted by Gasteiger charge is 2.21. The lowest BCUT2D eigenvalue weighted by molar-refractivity contribution is -0.133. The first-order valence-corrected chi connectivity index (χ1v) is 8.78. The number of carbonyl (C=O) groups is 2. The number of esters is 1. The monoisotopic (exact) mass is 326 g/mol. The quantitative estimate of drug-likeness (QED) is 0.809. The molecule has 1 aromatic rings. The molecule has 0 spiro atoms. The Balaban J connectivity index is 2.01. The first-order chi connectivity index (χ1) is 10.4. The number of hydrogen-bond acceptors (Lipinski definition) is 5. The summed E-state index contributed by atoms with van der Waals surface area (Å²) < 4.78 is 29.8. The summed E-state index contributed by atoms with van der Waals surface area (Å²) in [6, 6.07) is 6.09. The van der Waals surface area contributed by atoms with E-state index in [4.69, 9.17) is 4.74 Å². The molecule has 1 aliphatic rings. The highest BCUT2D eigenvalue weighted by Crippen LogP contribution is 2.17. The molecular formula is C14H18N2O5S. The van der Waals surface area contributed by atoms with Gasteiger partial charge >= 0.3 is 5.97 Å². The van der Waals surface area contributed by atoms with Crippen LogP contribution in [0.1, 0.15) is 23.2 Å². The number of para-hydroxylation sites is 1. The van der Waals surface area contributed by atoms with E-state index in [9.17, 15) is 18.0 Å². The Morgan fingerprint density at radius 2 is 1.86 bits per heavy atom. The average Bonchev–Trinajstić information content (AvgIpc) is 2.97. The first kappa shape index (κ1) is 16.3. The van der Waals surface area contributed by atoms with Gasteiger partial charge in [0.05, 0.1) is 17.5 Å². The van der Waals surface area contributed by atoms with Crippen LogP contribution in [0.15, 0.2) is 24.3 Å². The van der Waals surface area contributed by atoms with E-state index in [0.717, 1.165) is 19.1 Å². The van der Waals surface area contributed by atoms with E-state index in [1.165, 1.54) is 12.1 Å². The number of rotatable bonds is 5. The molecule has 120 valence electrons. The van der Waals surface area contributed by atoms with Crippen LogP contribution in [0.4, 0.5) is 5.69 Å². The molecule has 0 atom stereocenters. The van der Waals surface area contributed by atoms with E-state index in [-0.39, 0.29) is 23.8 Å². The van der Waals surface area contributed by atoms with Crippen molar-refractivity contribution in [1.29, 1.82) is 0 Å². The Morgan fingerprint density at radius 1 is 1.23 bits per heavy atom. The number of nitrogens with one attached hydrogen (secondary N) is 1. The molecule has 1 fully saturated rings. The van der Waals surface area contributed by atoms with Crippen LogP contribution < -0.4 is 4.72 Å². The Morgan fingerprint density at radius 3 is 2.50 bits per heavy atom. The molecule has 2 rings (SSSR count). The van der Waals surface area contributed by atoms with Crippen molar-refractivity contribution in [1.82, 2.24) is 4.90 Å². The third-order valence-corrected chi connectivity index (χ3v) is 3.82. The summed E-state index contributed by atoms with van der Waals surface area (Å²) in [5.74, 6) is -0.973. The first-order valence-electron chi connectivity index (χ1n) is 6.88. The van der Waals surface area contributed by atoms with Crippen molar-refractivity contribution in [3.8, 4) is 0 Å². The zero-order valence-electron chi connectivity index (χ0n) is 12.2. The molecule has 0 bridgehead atoms. The van der Waals surface area contributed by atoms with Crippen LogP contribution in [0.3, 0.4) is 0 Å². The van der Waals surface area contributed by atoms with E-state index in [0.29, 0.717) is 13.1 Å². The van der Waals surface area contributed by atoms with Gasteiger partial charge in [0.2, 0.25) is 10.0 Å². The minimum atomic E-state index is -3.51. The van der Waals surface area contributed by atoms with Crippen LogP contribution in [-0.2, 0) is 19.6 Å². The van der Waals surface area contributed by atoms with Gasteiger partial charge in [-0.05, 0) is 25.0 Å². The van der Waals surface area contributed by atoms with Crippen LogP contribution in [0, 0.1) is 0 Å². The van der Waals surface area contributed by atoms with Gasteiger partial charge in [0.25, 0.3) is 5.91 Å². The number of benzene rings is 1. The second kappa shape index (κ2) is 6.78. The third-order valence-electron chi connectivity index (χ3n) is 3.23. The summed E-state index contributed by atoms with van der Waals surface area (Å²) in [5, 5.41) is 0. The maximum absolute atomic E-state index is 12.0. The van der Waals surface area contributed by atoms with E-state index >= 15 is 0 Å². The van der Waals surface area contributed by atoms with Crippen molar-refractivity contribution >= 4 is 27.6 Å². The number of ether oxygens (including phenoxy) is 1. The summed E-state index contributed by atoms with van der Waals surface area (Å²) >= 11 is 0. The molecule has 22 heavy (non-hydrogen) atoms. The molecule has 1 amide bonds. The Labute approximate surface area is 129 Å². The van der Waals surface area contributed by atoms with E-state index in [1.807, 2.05) is 0 Å². The number of sulfonamides is 1. The molecule has 8 heteroatoms. The summed E-state index contributed by atoms with van der Waals surface area (Å²) in [5.41, 5.74) is 0.200. The lowest BCUT2D eigenvalue weighted by atomic mass is 10.2. The average molecular weight is 326 g/mol. The lowest BCUT2D eigenvalue weighted by Gasteiger charge is -2.15. The molecule has 0 saturated carbocycles. The van der Waals surface area contributed by atoms with Crippen molar-refractivity contribution < 1.29 is 22.7 Å². The van der Waals surface area contributed by atoms with Crippen LogP contribution >= 0.6 is 0 Å². The number of amides is 1. The third kappa shape index (κ3) is 4.45. The van der Waals surface area contributed by atoms with Crippen LogP contribution in [-0.4, -0.2) is 51.1 Å². The van der Waals surface area contributed by atoms with Gasteiger partial charge in [0, 0.05) is 13.1 Å². The number of hydrogen-bond donors (Lipinski definition) is 1. The summed E-state index contributed by atoms with van der Waals surface area (Å²) in [6.07, 6.45) is 2.91. The number of nitrogens with zero attached hydrogens (tertiary/aromatic N) is 1. The molecule has 1 heterocycles. The van der Waals surface area contributed by atoms with E-state index in [1.54, 1.807) is 17.0 Å². The highest BCUT2D eigenvalue weighted by atomic mass is 32.2. The second-order valence-electron chi connectivity index (χ2n) is 5.08. The normalized spacial score (nSPS) is 14.7. The van der Waals surface area contributed by atoms with Gasteiger partial charge in [-0.2, -0.15) is 0 Å². The largest absolute Gasteiger partial charge is 0.452 e. The van der Waals surface area contributed by atoms with Crippen molar-refractivity contribution in [3.05, 3.63) is 29.8 Å². The summed E-state index contributed by atoms with van der Waals surface area (Å²) in [6.45, 7) is 1.03. The van der Waals surface area contributed by atoms with Crippen molar-refractivity contribution in [2.45, 2.75) is 12.8 Å². The van der Waals surface area contributed by atoms with Gasteiger partial charge in [-0.15, -0.1) is 0 Å². The molecule has 1 aliphatic heterocycles. The van der Waals surface area contributed by atoms with Gasteiger partial charge in [-0.3, -0.25) is 9.52 Å². The molecular weight excluding hydrogens is 308 g/mol. The highest BCUT2D eigenvalue weighted by molar-refractivity contribution is 7.92. The minimum absolute atomic E-state index is 0.0714. The standard InChI is InChI=1S/C14H18N2O5S/c1-22(19,20)15-12-7-3-2-6-11(12)14(18)21-10-13(17)16-8-4-5-9-16/h2-3,6-7,15H,4-5,8-10H2,1H3. The maximum atomic E-state index is 12.0. The van der Waals surface area contributed by atoms with Gasteiger partial charge in [-0.1, -0.05) is 12.1 Å². The summed E-state index contributed by atoms with van der Waals surface area (Å²) in [4.78, 5) is 25.5. The molecule has 0 aliphatic carbocycles. The Bertz CT molecular complexity index is 666. The molecule has 1 saturated heterocycles. The smallest absolute Gasteiger partial charge is 0.340 e. The SMILES string of the molecule is CS(=O)(=O)Nc1ccccc1C(=O)OCC(=O)N1CCCC1. The van der Waals surface area contributed by atoms with Crippen LogP contribution in [0.25, 0.3) is 0 Å². The Kier molecular flexibility index (Phi) is 5.02. The topological polar surface area (TPSA) is 92.8 Å². The molecule has 1 N–H and O–H groups in total. The van der Waals surface area contributed by atoms with Crippen molar-refractivity contribution in [2.24, 2.45) is 0 Å². The van der Waals surface area contributed by atoms with Gasteiger partial charge in [0.15, 0.2) is 6.61 Å². The van der Waals surface area contributed by atoms with Crippen LogP contribution in [0.2, 0.25) is 0 Å². The summed E-state index contributed by atoms with van der Waals surface area (Å²) in [7, 11) is -3.51. The molecule has 0 radical (unpaired) electrons. The van der Waals surface area contributed by atoms with Crippen molar-refractivity contribution in [2.75, 3.05) is 30.7 Å². The number of anilines is 1. The molecule has 0 unspecified atom stereocenters. The van der Waals surface area contributed by atoms with E-state index in [2.05, 4.69) is 4.72 Å². The fourth-order valence-corrected chi connectivity index (χ4v) is 2.79. The van der Waals surface area contributed by atoms with Gasteiger partial charge < -0.3 is 9.64 Å². The maximum Gasteiger partial charge on any atom is 0.340 e. The van der Waals surface area contributed by atoms with Gasteiger partial charge in [-0.25, -0.2) is 13.2 Å². The second-order valence-corrected chi connectivity index (χ2v) is 6.83. The van der Waals surface area contributed by atoms with Gasteiger partial charge in [0.1, 0.15) is 0 Å². The minimum Gasteiger partial charge on any atom is -0.452 e.